The van der Waals surface area contributed by atoms with Crippen molar-refractivity contribution >= 4 is 0 Å². The zero-order valence-corrected chi connectivity index (χ0v) is 6.46. The SMILES string of the molecule is CN(C)CCC1=COCO1. The standard InChI is InChI=1S/C7H13NO2/c1-8(2)4-3-7-5-9-6-10-7/h5H,3-4,6H2,1-2H3. The van der Waals surface area contributed by atoms with Gasteiger partial charge in [-0.3, -0.25) is 0 Å². The third kappa shape index (κ3) is 2.27. The first kappa shape index (κ1) is 7.41. The number of nitrogens with zero attached hydrogens (tertiary/aromatic N) is 1. The number of ether oxygens (including phenoxy) is 2. The Hall–Kier alpha value is -0.700. The summed E-state index contributed by atoms with van der Waals surface area (Å²) in [5, 5.41) is 0. The van der Waals surface area contributed by atoms with Gasteiger partial charge in [-0.25, -0.2) is 0 Å². The van der Waals surface area contributed by atoms with Crippen LogP contribution in [0.25, 0.3) is 0 Å². The largest absolute Gasteiger partial charge is 0.462 e. The average Bonchev–Trinajstić information content (AvgIpc) is 2.34. The molecule has 0 aliphatic carbocycles. The van der Waals surface area contributed by atoms with Gasteiger partial charge < -0.3 is 14.4 Å². The molecule has 0 saturated carbocycles. The Labute approximate surface area is 61.2 Å². The monoisotopic (exact) mass is 143 g/mol. The lowest BCUT2D eigenvalue weighted by atomic mass is 10.3. The van der Waals surface area contributed by atoms with Gasteiger partial charge in [-0.2, -0.15) is 0 Å². The summed E-state index contributed by atoms with van der Waals surface area (Å²) in [4.78, 5) is 2.11. The van der Waals surface area contributed by atoms with E-state index in [-0.39, 0.29) is 0 Å². The predicted octanol–water partition coefficient (Wildman–Crippen LogP) is 0.784. The Morgan fingerprint density at radius 1 is 1.60 bits per heavy atom. The first-order chi connectivity index (χ1) is 4.79. The van der Waals surface area contributed by atoms with Gasteiger partial charge in [0.05, 0.1) is 0 Å². The summed E-state index contributed by atoms with van der Waals surface area (Å²) in [7, 11) is 4.08. The van der Waals surface area contributed by atoms with E-state index in [1.165, 1.54) is 0 Å². The number of hydrogen-bond donors (Lipinski definition) is 0. The maximum absolute atomic E-state index is 5.12. The van der Waals surface area contributed by atoms with Crippen LogP contribution in [-0.2, 0) is 9.47 Å². The topological polar surface area (TPSA) is 21.7 Å². The Balaban J connectivity index is 2.13. The molecule has 0 amide bonds. The van der Waals surface area contributed by atoms with E-state index in [4.69, 9.17) is 9.47 Å². The van der Waals surface area contributed by atoms with E-state index in [9.17, 15) is 0 Å². The fourth-order valence-electron chi connectivity index (χ4n) is 0.736. The minimum atomic E-state index is 0.392. The summed E-state index contributed by atoms with van der Waals surface area (Å²) >= 11 is 0. The van der Waals surface area contributed by atoms with Gasteiger partial charge in [0.2, 0.25) is 6.79 Å². The van der Waals surface area contributed by atoms with Crippen molar-refractivity contribution < 1.29 is 9.47 Å². The lowest BCUT2D eigenvalue weighted by Crippen LogP contribution is -2.13. The quantitative estimate of drug-likeness (QED) is 0.583. The van der Waals surface area contributed by atoms with Crippen molar-refractivity contribution in [1.29, 1.82) is 0 Å². The van der Waals surface area contributed by atoms with Crippen molar-refractivity contribution in [2.75, 3.05) is 27.4 Å². The molecule has 1 aliphatic heterocycles. The van der Waals surface area contributed by atoms with Crippen LogP contribution in [0, 0.1) is 0 Å². The zero-order chi connectivity index (χ0) is 7.40. The van der Waals surface area contributed by atoms with Crippen molar-refractivity contribution in [3.63, 3.8) is 0 Å². The summed E-state index contributed by atoms with van der Waals surface area (Å²) in [5.41, 5.74) is 0. The molecule has 10 heavy (non-hydrogen) atoms. The number of rotatable bonds is 3. The van der Waals surface area contributed by atoms with Crippen LogP contribution in [0.3, 0.4) is 0 Å². The van der Waals surface area contributed by atoms with Crippen LogP contribution in [0.4, 0.5) is 0 Å². The van der Waals surface area contributed by atoms with Gasteiger partial charge in [-0.1, -0.05) is 0 Å². The van der Waals surface area contributed by atoms with Crippen LogP contribution in [0.15, 0.2) is 12.0 Å². The van der Waals surface area contributed by atoms with Crippen LogP contribution in [0.5, 0.6) is 0 Å². The molecular weight excluding hydrogens is 130 g/mol. The highest BCUT2D eigenvalue weighted by Crippen LogP contribution is 2.10. The van der Waals surface area contributed by atoms with Crippen molar-refractivity contribution in [2.24, 2.45) is 0 Å². The van der Waals surface area contributed by atoms with Crippen LogP contribution < -0.4 is 0 Å². The fraction of sp³-hybridized carbons (Fsp3) is 0.714. The molecule has 1 aliphatic rings. The van der Waals surface area contributed by atoms with Crippen LogP contribution in [0.2, 0.25) is 0 Å². The first-order valence-electron chi connectivity index (χ1n) is 3.37. The molecule has 1 heterocycles. The third-order valence-electron chi connectivity index (χ3n) is 1.33. The molecule has 0 atom stereocenters. The van der Waals surface area contributed by atoms with E-state index in [1.807, 2.05) is 14.1 Å². The highest BCUT2D eigenvalue weighted by Gasteiger charge is 2.05. The average molecular weight is 143 g/mol. The van der Waals surface area contributed by atoms with Gasteiger partial charge in [0.15, 0.2) is 0 Å². The van der Waals surface area contributed by atoms with E-state index < -0.39 is 0 Å². The smallest absolute Gasteiger partial charge is 0.229 e. The summed E-state index contributed by atoms with van der Waals surface area (Å²) in [6, 6.07) is 0. The molecule has 0 bridgehead atoms. The molecule has 1 rings (SSSR count). The zero-order valence-electron chi connectivity index (χ0n) is 6.46. The van der Waals surface area contributed by atoms with Gasteiger partial charge >= 0.3 is 0 Å². The van der Waals surface area contributed by atoms with Crippen LogP contribution in [0.1, 0.15) is 6.42 Å². The molecule has 0 aromatic rings. The minimum Gasteiger partial charge on any atom is -0.462 e. The summed E-state index contributed by atoms with van der Waals surface area (Å²) in [6.45, 7) is 1.40. The predicted molar refractivity (Wildman–Crippen MR) is 38.3 cm³/mol. The van der Waals surface area contributed by atoms with Gasteiger partial charge in [-0.05, 0) is 14.1 Å². The molecule has 3 nitrogen and oxygen atoms in total. The second-order valence-corrected chi connectivity index (χ2v) is 2.57. The van der Waals surface area contributed by atoms with E-state index in [0.717, 1.165) is 18.7 Å². The maximum Gasteiger partial charge on any atom is 0.229 e. The molecule has 3 heteroatoms. The van der Waals surface area contributed by atoms with Gasteiger partial charge in [0, 0.05) is 13.0 Å². The molecule has 0 fully saturated rings. The van der Waals surface area contributed by atoms with Crippen molar-refractivity contribution in [3.8, 4) is 0 Å². The van der Waals surface area contributed by atoms with Crippen molar-refractivity contribution in [1.82, 2.24) is 4.90 Å². The molecule has 0 N–H and O–H groups in total. The van der Waals surface area contributed by atoms with E-state index in [2.05, 4.69) is 4.90 Å². The summed E-state index contributed by atoms with van der Waals surface area (Å²) < 4.78 is 10.0. The van der Waals surface area contributed by atoms with Gasteiger partial charge in [0.1, 0.15) is 12.0 Å². The molecule has 58 valence electrons. The third-order valence-corrected chi connectivity index (χ3v) is 1.33. The molecule has 0 saturated heterocycles. The highest BCUT2D eigenvalue weighted by molar-refractivity contribution is 4.90. The Morgan fingerprint density at radius 3 is 2.90 bits per heavy atom. The normalized spacial score (nSPS) is 16.5. The van der Waals surface area contributed by atoms with Gasteiger partial charge in [0.25, 0.3) is 0 Å². The van der Waals surface area contributed by atoms with E-state index in [1.54, 1.807) is 6.26 Å². The molecule has 0 aromatic carbocycles. The lowest BCUT2D eigenvalue weighted by Gasteiger charge is -2.07. The van der Waals surface area contributed by atoms with Gasteiger partial charge in [-0.15, -0.1) is 0 Å². The highest BCUT2D eigenvalue weighted by atomic mass is 16.7. The lowest BCUT2D eigenvalue weighted by molar-refractivity contribution is 0.0769. The maximum atomic E-state index is 5.12. The minimum absolute atomic E-state index is 0.392. The van der Waals surface area contributed by atoms with Crippen LogP contribution >= 0.6 is 0 Å². The van der Waals surface area contributed by atoms with Crippen molar-refractivity contribution in [2.45, 2.75) is 6.42 Å². The molecule has 0 radical (unpaired) electrons. The summed E-state index contributed by atoms with van der Waals surface area (Å²) in [6.07, 6.45) is 2.62. The number of hydrogen-bond acceptors (Lipinski definition) is 3. The van der Waals surface area contributed by atoms with Crippen molar-refractivity contribution in [3.05, 3.63) is 12.0 Å². The fourth-order valence-corrected chi connectivity index (χ4v) is 0.736. The van der Waals surface area contributed by atoms with E-state index in [0.29, 0.717) is 6.79 Å². The van der Waals surface area contributed by atoms with Crippen LogP contribution in [-0.4, -0.2) is 32.3 Å². The Kier molecular flexibility index (Phi) is 2.57. The molecule has 0 spiro atoms. The molecule has 0 unspecified atom stereocenters. The second-order valence-electron chi connectivity index (χ2n) is 2.57. The molecule has 0 aromatic heterocycles. The summed E-state index contributed by atoms with van der Waals surface area (Å²) in [5.74, 6) is 0.953. The molecular formula is C7H13NO2. The first-order valence-corrected chi connectivity index (χ1v) is 3.37. The Morgan fingerprint density at radius 2 is 2.40 bits per heavy atom. The second kappa shape index (κ2) is 3.46. The van der Waals surface area contributed by atoms with E-state index >= 15 is 0 Å². The Bertz CT molecular complexity index is 132.